The van der Waals surface area contributed by atoms with Crippen molar-refractivity contribution in [2.24, 2.45) is 17.1 Å². The normalized spacial score (nSPS) is 14.8. The molecule has 1 heterocycles. The number of carbonyl (C=O) groups excluding carboxylic acids is 1. The van der Waals surface area contributed by atoms with Gasteiger partial charge in [0.1, 0.15) is 5.82 Å². The van der Waals surface area contributed by atoms with Crippen molar-refractivity contribution in [2.75, 3.05) is 6.54 Å². The monoisotopic (exact) mass is 280 g/mol. The maximum atomic E-state index is 12.0. The third-order valence-corrected chi connectivity index (χ3v) is 3.77. The van der Waals surface area contributed by atoms with Crippen LogP contribution in [0.3, 0.4) is 0 Å². The van der Waals surface area contributed by atoms with Gasteiger partial charge in [0.25, 0.3) is 0 Å². The van der Waals surface area contributed by atoms with E-state index in [2.05, 4.69) is 36.1 Å². The lowest BCUT2D eigenvalue weighted by atomic mass is 9.76. The predicted octanol–water partition coefficient (Wildman–Crippen LogP) is 2.38. The lowest BCUT2D eigenvalue weighted by molar-refractivity contribution is -0.122. The summed E-state index contributed by atoms with van der Waals surface area (Å²) in [5, 5.41) is 2.97. The van der Waals surface area contributed by atoms with Crippen molar-refractivity contribution < 1.29 is 4.79 Å². The van der Waals surface area contributed by atoms with E-state index in [9.17, 15) is 4.79 Å². The van der Waals surface area contributed by atoms with Crippen molar-refractivity contribution in [3.05, 3.63) is 18.2 Å². The summed E-state index contributed by atoms with van der Waals surface area (Å²) >= 11 is 0. The van der Waals surface area contributed by atoms with Crippen LogP contribution in [0.1, 0.15) is 58.8 Å². The van der Waals surface area contributed by atoms with Gasteiger partial charge in [-0.25, -0.2) is 4.98 Å². The largest absolute Gasteiger partial charge is 0.347 e. The van der Waals surface area contributed by atoms with E-state index in [1.807, 2.05) is 6.92 Å². The smallest absolute Gasteiger partial charge is 0.220 e. The highest BCUT2D eigenvalue weighted by atomic mass is 16.1. The highest BCUT2D eigenvalue weighted by Gasteiger charge is 2.24. The second-order valence-corrected chi connectivity index (χ2v) is 6.44. The molecule has 0 aliphatic heterocycles. The highest BCUT2D eigenvalue weighted by Crippen LogP contribution is 2.32. The number of nitrogens with zero attached hydrogens (tertiary/aromatic N) is 1. The molecular formula is C15H28N4O. The first-order valence-corrected chi connectivity index (χ1v) is 7.33. The molecule has 0 spiro atoms. The van der Waals surface area contributed by atoms with Crippen molar-refractivity contribution in [1.29, 1.82) is 0 Å². The third-order valence-electron chi connectivity index (χ3n) is 3.77. The van der Waals surface area contributed by atoms with Crippen LogP contribution in [0.4, 0.5) is 0 Å². The zero-order chi connectivity index (χ0) is 15.2. The molecule has 4 N–H and O–H groups in total. The van der Waals surface area contributed by atoms with E-state index >= 15 is 0 Å². The molecule has 0 fully saturated rings. The lowest BCUT2D eigenvalue weighted by Crippen LogP contribution is -2.29. The third kappa shape index (κ3) is 5.33. The van der Waals surface area contributed by atoms with Crippen LogP contribution in [-0.4, -0.2) is 22.4 Å². The number of rotatable bonds is 7. The molecule has 20 heavy (non-hydrogen) atoms. The number of H-pyrrole nitrogens is 1. The summed E-state index contributed by atoms with van der Waals surface area (Å²) in [5.41, 5.74) is 5.85. The van der Waals surface area contributed by atoms with Crippen LogP contribution in [0.15, 0.2) is 12.4 Å². The number of amides is 1. The second kappa shape index (κ2) is 7.43. The molecule has 0 bridgehead atoms. The van der Waals surface area contributed by atoms with Crippen molar-refractivity contribution >= 4 is 5.91 Å². The number of hydrogen-bond acceptors (Lipinski definition) is 3. The van der Waals surface area contributed by atoms with Gasteiger partial charge in [0.2, 0.25) is 5.91 Å². The number of nitrogens with two attached hydrogens (primary N) is 1. The number of hydrogen-bond donors (Lipinski definition) is 3. The van der Waals surface area contributed by atoms with Crippen LogP contribution in [0.2, 0.25) is 0 Å². The van der Waals surface area contributed by atoms with E-state index in [4.69, 9.17) is 5.73 Å². The van der Waals surface area contributed by atoms with E-state index in [0.717, 1.165) is 18.7 Å². The van der Waals surface area contributed by atoms with Gasteiger partial charge in [0.05, 0.1) is 6.04 Å². The quantitative estimate of drug-likeness (QED) is 0.717. The minimum atomic E-state index is -0.0832. The van der Waals surface area contributed by atoms with Gasteiger partial charge in [-0.05, 0) is 37.6 Å². The summed E-state index contributed by atoms with van der Waals surface area (Å²) in [4.78, 5) is 19.2. The van der Waals surface area contributed by atoms with Gasteiger partial charge in [-0.3, -0.25) is 4.79 Å². The summed E-state index contributed by atoms with van der Waals surface area (Å²) in [6.07, 6.45) is 5.82. The molecule has 0 aliphatic carbocycles. The van der Waals surface area contributed by atoms with Crippen molar-refractivity contribution in [1.82, 2.24) is 15.3 Å². The van der Waals surface area contributed by atoms with Gasteiger partial charge in [0, 0.05) is 18.8 Å². The SMILES string of the molecule is CC(NC(=O)CCC(CCN)C(C)(C)C)c1ncc[nH]1. The maximum Gasteiger partial charge on any atom is 0.220 e. The molecule has 1 amide bonds. The fourth-order valence-electron chi connectivity index (χ4n) is 2.41. The summed E-state index contributed by atoms with van der Waals surface area (Å²) < 4.78 is 0. The van der Waals surface area contributed by atoms with Crippen molar-refractivity contribution in [3.63, 3.8) is 0 Å². The van der Waals surface area contributed by atoms with Crippen molar-refractivity contribution in [3.8, 4) is 0 Å². The molecule has 1 aromatic heterocycles. The maximum absolute atomic E-state index is 12.0. The molecule has 1 aromatic rings. The molecule has 0 saturated heterocycles. The number of aromatic nitrogens is 2. The molecule has 1 rings (SSSR count). The standard InChI is InChI=1S/C15H28N4O/c1-11(14-17-9-10-18-14)19-13(20)6-5-12(7-8-16)15(2,3)4/h9-12H,5-8,16H2,1-4H3,(H,17,18)(H,19,20). The molecular weight excluding hydrogens is 252 g/mol. The molecule has 2 atom stereocenters. The fraction of sp³-hybridized carbons (Fsp3) is 0.733. The van der Waals surface area contributed by atoms with Gasteiger partial charge in [-0.2, -0.15) is 0 Å². The van der Waals surface area contributed by atoms with Crippen LogP contribution in [0.25, 0.3) is 0 Å². The first kappa shape index (κ1) is 16.7. The summed E-state index contributed by atoms with van der Waals surface area (Å²) in [6, 6.07) is -0.0832. The van der Waals surface area contributed by atoms with Gasteiger partial charge in [0.15, 0.2) is 0 Å². The summed E-state index contributed by atoms with van der Waals surface area (Å²) in [7, 11) is 0. The number of imidazole rings is 1. The minimum Gasteiger partial charge on any atom is -0.347 e. The molecule has 5 heteroatoms. The Morgan fingerprint density at radius 3 is 2.65 bits per heavy atom. The van der Waals surface area contributed by atoms with Gasteiger partial charge in [-0.15, -0.1) is 0 Å². The van der Waals surface area contributed by atoms with Crippen molar-refractivity contribution in [2.45, 2.75) is 53.0 Å². The van der Waals surface area contributed by atoms with E-state index < -0.39 is 0 Å². The van der Waals surface area contributed by atoms with Crippen LogP contribution < -0.4 is 11.1 Å². The second-order valence-electron chi connectivity index (χ2n) is 6.44. The molecule has 0 saturated carbocycles. The van der Waals surface area contributed by atoms with E-state index in [1.165, 1.54) is 0 Å². The highest BCUT2D eigenvalue weighted by molar-refractivity contribution is 5.76. The van der Waals surface area contributed by atoms with Gasteiger partial charge in [-0.1, -0.05) is 20.8 Å². The topological polar surface area (TPSA) is 83.8 Å². The molecule has 0 radical (unpaired) electrons. The van der Waals surface area contributed by atoms with E-state index in [1.54, 1.807) is 12.4 Å². The first-order chi connectivity index (χ1) is 9.34. The Kier molecular flexibility index (Phi) is 6.20. The van der Waals surface area contributed by atoms with Crippen LogP contribution in [-0.2, 0) is 4.79 Å². The Morgan fingerprint density at radius 1 is 1.45 bits per heavy atom. The number of aromatic amines is 1. The van der Waals surface area contributed by atoms with Crippen LogP contribution >= 0.6 is 0 Å². The average Bonchev–Trinajstić information content (AvgIpc) is 2.86. The summed E-state index contributed by atoms with van der Waals surface area (Å²) in [5.74, 6) is 1.32. The predicted molar refractivity (Wildman–Crippen MR) is 81.0 cm³/mol. The van der Waals surface area contributed by atoms with Gasteiger partial charge >= 0.3 is 0 Å². The Morgan fingerprint density at radius 2 is 2.15 bits per heavy atom. The molecule has 0 aliphatic rings. The molecule has 5 nitrogen and oxygen atoms in total. The average molecular weight is 280 g/mol. The summed E-state index contributed by atoms with van der Waals surface area (Å²) in [6.45, 7) is 9.22. The Bertz CT molecular complexity index is 395. The molecule has 0 aromatic carbocycles. The Balaban J connectivity index is 2.42. The fourth-order valence-corrected chi connectivity index (χ4v) is 2.41. The molecule has 114 valence electrons. The van der Waals surface area contributed by atoms with E-state index in [0.29, 0.717) is 18.9 Å². The van der Waals surface area contributed by atoms with E-state index in [-0.39, 0.29) is 17.4 Å². The number of nitrogens with one attached hydrogen (secondary N) is 2. The zero-order valence-electron chi connectivity index (χ0n) is 13.1. The zero-order valence-corrected chi connectivity index (χ0v) is 13.1. The first-order valence-electron chi connectivity index (χ1n) is 7.33. The van der Waals surface area contributed by atoms with Gasteiger partial charge < -0.3 is 16.0 Å². The van der Waals surface area contributed by atoms with Crippen LogP contribution in [0, 0.1) is 11.3 Å². The Hall–Kier alpha value is -1.36. The lowest BCUT2D eigenvalue weighted by Gasteiger charge is -2.30. The Labute approximate surface area is 121 Å². The van der Waals surface area contributed by atoms with Crippen LogP contribution in [0.5, 0.6) is 0 Å². The molecule has 2 unspecified atom stereocenters. The number of carbonyl (C=O) groups is 1. The minimum absolute atomic E-state index is 0.0696.